The number of aryl methyl sites for hydroxylation is 1. The molecule has 1 saturated carbocycles. The van der Waals surface area contributed by atoms with Gasteiger partial charge in [0.2, 0.25) is 0 Å². The van der Waals surface area contributed by atoms with Gasteiger partial charge in [-0.1, -0.05) is 31.2 Å². The first-order valence-corrected chi connectivity index (χ1v) is 8.57. The Morgan fingerprint density at radius 2 is 1.84 bits per heavy atom. The maximum Gasteiger partial charge on any atom is 0.0410 e. The standard InChI is InChI=1S/C17H27NS/c1-14-12-17(13-14,19-4)16-9-7-15(8-10-16)6-5-11-18(2)3/h7-10,14H,5-6,11-13H2,1-4H3. The first kappa shape index (κ1) is 14.9. The highest BCUT2D eigenvalue weighted by Crippen LogP contribution is 2.54. The molecular weight excluding hydrogens is 250 g/mol. The van der Waals surface area contributed by atoms with E-state index in [0.717, 1.165) is 5.92 Å². The molecule has 0 bridgehead atoms. The molecule has 2 heteroatoms. The van der Waals surface area contributed by atoms with Gasteiger partial charge >= 0.3 is 0 Å². The van der Waals surface area contributed by atoms with Crippen LogP contribution in [-0.2, 0) is 11.2 Å². The van der Waals surface area contributed by atoms with E-state index in [1.54, 1.807) is 0 Å². The van der Waals surface area contributed by atoms with E-state index in [0.29, 0.717) is 4.75 Å². The van der Waals surface area contributed by atoms with Crippen molar-refractivity contribution in [3.63, 3.8) is 0 Å². The Morgan fingerprint density at radius 3 is 2.32 bits per heavy atom. The van der Waals surface area contributed by atoms with E-state index in [-0.39, 0.29) is 0 Å². The van der Waals surface area contributed by atoms with Crippen LogP contribution >= 0.6 is 11.8 Å². The SMILES string of the molecule is CSC1(c2ccc(CCCN(C)C)cc2)CC(C)C1. The third kappa shape index (κ3) is 3.55. The van der Waals surface area contributed by atoms with Crippen molar-refractivity contribution in [2.75, 3.05) is 26.9 Å². The number of hydrogen-bond acceptors (Lipinski definition) is 2. The molecular formula is C17H27NS. The van der Waals surface area contributed by atoms with E-state index >= 15 is 0 Å². The molecule has 0 unspecified atom stereocenters. The average Bonchev–Trinajstić information content (AvgIpc) is 2.35. The van der Waals surface area contributed by atoms with Crippen LogP contribution < -0.4 is 0 Å². The van der Waals surface area contributed by atoms with Crippen LogP contribution in [-0.4, -0.2) is 31.8 Å². The van der Waals surface area contributed by atoms with E-state index in [1.807, 2.05) is 11.8 Å². The van der Waals surface area contributed by atoms with Crippen molar-refractivity contribution in [1.29, 1.82) is 0 Å². The highest BCUT2D eigenvalue weighted by Gasteiger charge is 2.42. The van der Waals surface area contributed by atoms with Gasteiger partial charge in [-0.05, 0) is 69.6 Å². The summed E-state index contributed by atoms with van der Waals surface area (Å²) in [5, 5.41) is 0. The summed E-state index contributed by atoms with van der Waals surface area (Å²) >= 11 is 2.04. The van der Waals surface area contributed by atoms with E-state index in [4.69, 9.17) is 0 Å². The van der Waals surface area contributed by atoms with Crippen molar-refractivity contribution < 1.29 is 0 Å². The Balaban J connectivity index is 1.94. The Kier molecular flexibility index (Phi) is 4.97. The minimum atomic E-state index is 0.418. The van der Waals surface area contributed by atoms with Gasteiger partial charge in [-0.3, -0.25) is 0 Å². The second-order valence-corrected chi connectivity index (χ2v) is 7.51. The monoisotopic (exact) mass is 277 g/mol. The van der Waals surface area contributed by atoms with Crippen LogP contribution in [0, 0.1) is 5.92 Å². The summed E-state index contributed by atoms with van der Waals surface area (Å²) in [6, 6.07) is 9.42. The lowest BCUT2D eigenvalue weighted by Crippen LogP contribution is -2.36. The summed E-state index contributed by atoms with van der Waals surface area (Å²) in [6.07, 6.45) is 7.39. The Bertz CT molecular complexity index is 390. The molecule has 0 amide bonds. The van der Waals surface area contributed by atoms with Crippen LogP contribution in [0.2, 0.25) is 0 Å². The van der Waals surface area contributed by atoms with Crippen LogP contribution in [0.15, 0.2) is 24.3 Å². The fourth-order valence-corrected chi connectivity index (χ4v) is 4.43. The highest BCUT2D eigenvalue weighted by molar-refractivity contribution is 7.99. The summed E-state index contributed by atoms with van der Waals surface area (Å²) in [7, 11) is 4.28. The fourth-order valence-electron chi connectivity index (χ4n) is 3.16. The fraction of sp³-hybridized carbons (Fsp3) is 0.647. The van der Waals surface area contributed by atoms with Crippen molar-refractivity contribution in [2.24, 2.45) is 5.92 Å². The largest absolute Gasteiger partial charge is 0.309 e. The topological polar surface area (TPSA) is 3.24 Å². The maximum absolute atomic E-state index is 2.37. The first-order valence-electron chi connectivity index (χ1n) is 7.35. The number of thioether (sulfide) groups is 1. The highest BCUT2D eigenvalue weighted by atomic mass is 32.2. The third-order valence-electron chi connectivity index (χ3n) is 4.30. The van der Waals surface area contributed by atoms with Crippen molar-refractivity contribution in [3.8, 4) is 0 Å². The van der Waals surface area contributed by atoms with Crippen molar-refractivity contribution in [2.45, 2.75) is 37.4 Å². The molecule has 0 aromatic heterocycles. The summed E-state index contributed by atoms with van der Waals surface area (Å²) in [5.41, 5.74) is 3.02. The lowest BCUT2D eigenvalue weighted by molar-refractivity contribution is 0.254. The van der Waals surface area contributed by atoms with Gasteiger partial charge in [0.1, 0.15) is 0 Å². The summed E-state index contributed by atoms with van der Waals surface area (Å²) in [4.78, 5) is 2.26. The molecule has 0 radical (unpaired) electrons. The van der Waals surface area contributed by atoms with Gasteiger partial charge in [-0.2, -0.15) is 11.8 Å². The Hall–Kier alpha value is -0.470. The van der Waals surface area contributed by atoms with Crippen LogP contribution in [0.25, 0.3) is 0 Å². The summed E-state index contributed by atoms with van der Waals surface area (Å²) in [5.74, 6) is 0.896. The minimum Gasteiger partial charge on any atom is -0.309 e. The Labute approximate surface area is 122 Å². The quantitative estimate of drug-likeness (QED) is 0.768. The predicted octanol–water partition coefficient (Wildman–Crippen LogP) is 4.17. The van der Waals surface area contributed by atoms with E-state index in [2.05, 4.69) is 56.4 Å². The molecule has 19 heavy (non-hydrogen) atoms. The molecule has 0 heterocycles. The van der Waals surface area contributed by atoms with Gasteiger partial charge in [0, 0.05) is 4.75 Å². The average molecular weight is 277 g/mol. The second kappa shape index (κ2) is 6.32. The number of nitrogens with zero attached hydrogens (tertiary/aromatic N) is 1. The zero-order valence-corrected chi connectivity index (χ0v) is 13.6. The summed E-state index contributed by atoms with van der Waals surface area (Å²) in [6.45, 7) is 3.54. The van der Waals surface area contributed by atoms with E-state index < -0.39 is 0 Å². The zero-order valence-electron chi connectivity index (χ0n) is 12.8. The molecule has 1 aromatic carbocycles. The van der Waals surface area contributed by atoms with Crippen LogP contribution in [0.5, 0.6) is 0 Å². The molecule has 1 fully saturated rings. The molecule has 1 nitrogen and oxygen atoms in total. The predicted molar refractivity (Wildman–Crippen MR) is 86.9 cm³/mol. The van der Waals surface area contributed by atoms with Gasteiger partial charge in [0.25, 0.3) is 0 Å². The first-order chi connectivity index (χ1) is 9.05. The molecule has 106 valence electrons. The van der Waals surface area contributed by atoms with Gasteiger partial charge in [-0.15, -0.1) is 0 Å². The number of rotatable bonds is 6. The molecule has 0 saturated heterocycles. The van der Waals surface area contributed by atoms with Gasteiger partial charge in [-0.25, -0.2) is 0 Å². The van der Waals surface area contributed by atoms with Gasteiger partial charge in [0.15, 0.2) is 0 Å². The summed E-state index contributed by atoms with van der Waals surface area (Å²) < 4.78 is 0.418. The second-order valence-electron chi connectivity index (χ2n) is 6.32. The molecule has 1 aliphatic carbocycles. The molecule has 2 rings (SSSR count). The van der Waals surface area contributed by atoms with E-state index in [1.165, 1.54) is 43.4 Å². The maximum atomic E-state index is 2.37. The molecule has 0 N–H and O–H groups in total. The van der Waals surface area contributed by atoms with Crippen molar-refractivity contribution in [3.05, 3.63) is 35.4 Å². The lowest BCUT2D eigenvalue weighted by Gasteiger charge is -2.46. The number of benzene rings is 1. The van der Waals surface area contributed by atoms with E-state index in [9.17, 15) is 0 Å². The molecule has 0 atom stereocenters. The van der Waals surface area contributed by atoms with Crippen molar-refractivity contribution >= 4 is 11.8 Å². The Morgan fingerprint density at radius 1 is 1.21 bits per heavy atom. The zero-order chi connectivity index (χ0) is 13.9. The third-order valence-corrected chi connectivity index (χ3v) is 5.65. The van der Waals surface area contributed by atoms with Crippen LogP contribution in [0.1, 0.15) is 37.3 Å². The van der Waals surface area contributed by atoms with Gasteiger partial charge in [0.05, 0.1) is 0 Å². The lowest BCUT2D eigenvalue weighted by atomic mass is 9.71. The normalized spacial score (nSPS) is 26.5. The van der Waals surface area contributed by atoms with Gasteiger partial charge < -0.3 is 4.90 Å². The smallest absolute Gasteiger partial charge is 0.0410 e. The molecule has 1 aliphatic rings. The molecule has 0 spiro atoms. The number of hydrogen-bond donors (Lipinski definition) is 0. The van der Waals surface area contributed by atoms with Crippen molar-refractivity contribution in [1.82, 2.24) is 4.90 Å². The molecule has 0 aliphatic heterocycles. The van der Waals surface area contributed by atoms with Crippen LogP contribution in [0.3, 0.4) is 0 Å². The van der Waals surface area contributed by atoms with Crippen LogP contribution in [0.4, 0.5) is 0 Å². The molecule has 1 aromatic rings. The minimum absolute atomic E-state index is 0.418.